The molecule has 3 nitrogen and oxygen atoms in total. The number of nitrogens with zero attached hydrogens (tertiary/aromatic N) is 1. The van der Waals surface area contributed by atoms with Crippen LogP contribution in [0.5, 0.6) is 0 Å². The molecule has 0 radical (unpaired) electrons. The van der Waals surface area contributed by atoms with Crippen LogP contribution in [0.25, 0.3) is 0 Å². The molecule has 0 bridgehead atoms. The van der Waals surface area contributed by atoms with Crippen molar-refractivity contribution in [2.24, 2.45) is 0 Å². The van der Waals surface area contributed by atoms with Gasteiger partial charge in [0.05, 0.1) is 5.56 Å². The van der Waals surface area contributed by atoms with Gasteiger partial charge in [-0.05, 0) is 32.4 Å². The van der Waals surface area contributed by atoms with Crippen LogP contribution < -0.4 is 0 Å². The van der Waals surface area contributed by atoms with Crippen LogP contribution >= 0.6 is 0 Å². The fourth-order valence-corrected chi connectivity index (χ4v) is 1.62. The number of amides is 1. The van der Waals surface area contributed by atoms with Crippen molar-refractivity contribution < 1.29 is 14.3 Å². The molecule has 0 saturated carbocycles. The third-order valence-electron chi connectivity index (χ3n) is 2.55. The molecule has 0 atom stereocenters. The van der Waals surface area contributed by atoms with Crippen molar-refractivity contribution in [3.8, 4) is 0 Å². The molecular formula is C13H18FNO2. The average molecular weight is 239 g/mol. The fourth-order valence-electron chi connectivity index (χ4n) is 1.62. The molecule has 0 heterocycles. The van der Waals surface area contributed by atoms with Gasteiger partial charge in [0.1, 0.15) is 5.82 Å². The minimum atomic E-state index is -0.507. The highest BCUT2D eigenvalue weighted by molar-refractivity contribution is 5.94. The molecule has 0 spiro atoms. The van der Waals surface area contributed by atoms with Gasteiger partial charge in [-0.1, -0.05) is 12.1 Å². The zero-order valence-corrected chi connectivity index (χ0v) is 10.2. The third-order valence-corrected chi connectivity index (χ3v) is 2.55. The summed E-state index contributed by atoms with van der Waals surface area (Å²) < 4.78 is 13.5. The Morgan fingerprint density at radius 3 is 2.59 bits per heavy atom. The van der Waals surface area contributed by atoms with Crippen molar-refractivity contribution in [3.63, 3.8) is 0 Å². The van der Waals surface area contributed by atoms with Gasteiger partial charge >= 0.3 is 0 Å². The Balaban J connectivity index is 2.88. The molecule has 1 amide bonds. The number of hydrogen-bond acceptors (Lipinski definition) is 2. The summed E-state index contributed by atoms with van der Waals surface area (Å²) in [6, 6.07) is 5.93. The molecule has 1 N–H and O–H groups in total. The molecule has 0 aliphatic carbocycles. The number of carbonyl (C=O) groups is 1. The SMILES string of the molecule is CC(C)N(CCCO)C(=O)c1ccccc1F. The molecule has 0 aliphatic heterocycles. The Morgan fingerprint density at radius 2 is 2.06 bits per heavy atom. The van der Waals surface area contributed by atoms with Gasteiger partial charge in [-0.3, -0.25) is 4.79 Å². The van der Waals surface area contributed by atoms with Gasteiger partial charge in [0.15, 0.2) is 0 Å². The van der Waals surface area contributed by atoms with E-state index >= 15 is 0 Å². The maximum absolute atomic E-state index is 13.5. The van der Waals surface area contributed by atoms with E-state index in [1.54, 1.807) is 17.0 Å². The molecule has 0 unspecified atom stereocenters. The lowest BCUT2D eigenvalue weighted by molar-refractivity contribution is 0.0688. The van der Waals surface area contributed by atoms with Gasteiger partial charge in [0.25, 0.3) is 5.91 Å². The molecule has 1 aromatic rings. The van der Waals surface area contributed by atoms with E-state index in [1.165, 1.54) is 12.1 Å². The molecule has 0 saturated heterocycles. The zero-order chi connectivity index (χ0) is 12.8. The number of aliphatic hydroxyl groups is 1. The number of hydrogen-bond donors (Lipinski definition) is 1. The highest BCUT2D eigenvalue weighted by Gasteiger charge is 2.20. The van der Waals surface area contributed by atoms with Crippen molar-refractivity contribution in [2.75, 3.05) is 13.2 Å². The molecule has 17 heavy (non-hydrogen) atoms. The third kappa shape index (κ3) is 3.53. The Morgan fingerprint density at radius 1 is 1.41 bits per heavy atom. The van der Waals surface area contributed by atoms with Crippen LogP contribution in [0.4, 0.5) is 4.39 Å². The Bertz CT molecular complexity index is 379. The predicted molar refractivity (Wildman–Crippen MR) is 64.3 cm³/mol. The first-order chi connectivity index (χ1) is 8.07. The van der Waals surface area contributed by atoms with E-state index in [0.717, 1.165) is 0 Å². The summed E-state index contributed by atoms with van der Waals surface area (Å²) in [6.45, 7) is 4.20. The van der Waals surface area contributed by atoms with Crippen LogP contribution in [0.15, 0.2) is 24.3 Å². The van der Waals surface area contributed by atoms with Crippen LogP contribution in [0, 0.1) is 5.82 Å². The van der Waals surface area contributed by atoms with Crippen molar-refractivity contribution in [3.05, 3.63) is 35.6 Å². The molecule has 1 aromatic carbocycles. The van der Waals surface area contributed by atoms with E-state index in [1.807, 2.05) is 13.8 Å². The van der Waals surface area contributed by atoms with Crippen LogP contribution in [-0.2, 0) is 0 Å². The number of rotatable bonds is 5. The van der Waals surface area contributed by atoms with Crippen LogP contribution in [0.3, 0.4) is 0 Å². The minimum absolute atomic E-state index is 0.0198. The van der Waals surface area contributed by atoms with Crippen LogP contribution in [0.1, 0.15) is 30.6 Å². The summed E-state index contributed by atoms with van der Waals surface area (Å²) in [7, 11) is 0. The quantitative estimate of drug-likeness (QED) is 0.854. The number of carbonyl (C=O) groups excluding carboxylic acids is 1. The fraction of sp³-hybridized carbons (Fsp3) is 0.462. The topological polar surface area (TPSA) is 40.5 Å². The van der Waals surface area contributed by atoms with Crippen LogP contribution in [0.2, 0.25) is 0 Å². The summed E-state index contributed by atoms with van der Waals surface area (Å²) in [5.41, 5.74) is 0.0825. The van der Waals surface area contributed by atoms with E-state index in [0.29, 0.717) is 13.0 Å². The van der Waals surface area contributed by atoms with Crippen molar-refractivity contribution in [1.82, 2.24) is 4.90 Å². The maximum atomic E-state index is 13.5. The normalized spacial score (nSPS) is 10.6. The number of benzene rings is 1. The largest absolute Gasteiger partial charge is 0.396 e. The first-order valence-corrected chi connectivity index (χ1v) is 5.74. The molecule has 94 valence electrons. The second-order valence-electron chi connectivity index (χ2n) is 4.15. The van der Waals surface area contributed by atoms with E-state index in [4.69, 9.17) is 5.11 Å². The standard InChI is InChI=1S/C13H18FNO2/c1-10(2)15(8-5-9-16)13(17)11-6-3-4-7-12(11)14/h3-4,6-7,10,16H,5,8-9H2,1-2H3. The highest BCUT2D eigenvalue weighted by atomic mass is 19.1. The van der Waals surface area contributed by atoms with Crippen molar-refractivity contribution in [2.45, 2.75) is 26.3 Å². The number of aliphatic hydroxyl groups excluding tert-OH is 1. The van der Waals surface area contributed by atoms with Gasteiger partial charge in [-0.25, -0.2) is 4.39 Å². The van der Waals surface area contributed by atoms with Gasteiger partial charge in [-0.15, -0.1) is 0 Å². The summed E-state index contributed by atoms with van der Waals surface area (Å²) in [5.74, 6) is -0.835. The van der Waals surface area contributed by atoms with E-state index in [2.05, 4.69) is 0 Å². The van der Waals surface area contributed by atoms with Gasteiger partial charge in [0, 0.05) is 19.2 Å². The smallest absolute Gasteiger partial charge is 0.257 e. The zero-order valence-electron chi connectivity index (χ0n) is 10.2. The molecular weight excluding hydrogens is 221 g/mol. The van der Waals surface area contributed by atoms with Crippen molar-refractivity contribution in [1.29, 1.82) is 0 Å². The van der Waals surface area contributed by atoms with Crippen LogP contribution in [-0.4, -0.2) is 35.1 Å². The number of halogens is 1. The summed E-state index contributed by atoms with van der Waals surface area (Å²) >= 11 is 0. The van der Waals surface area contributed by atoms with Gasteiger partial charge in [-0.2, -0.15) is 0 Å². The monoisotopic (exact) mass is 239 g/mol. The lowest BCUT2D eigenvalue weighted by Crippen LogP contribution is -2.38. The second-order valence-corrected chi connectivity index (χ2v) is 4.15. The van der Waals surface area contributed by atoms with Crippen molar-refractivity contribution >= 4 is 5.91 Å². The molecule has 0 aromatic heterocycles. The summed E-state index contributed by atoms with van der Waals surface area (Å²) in [6.07, 6.45) is 0.498. The van der Waals surface area contributed by atoms with E-state index < -0.39 is 5.82 Å². The average Bonchev–Trinajstić information content (AvgIpc) is 2.29. The highest BCUT2D eigenvalue weighted by Crippen LogP contribution is 2.12. The van der Waals surface area contributed by atoms with Gasteiger partial charge in [0.2, 0.25) is 0 Å². The molecule has 4 heteroatoms. The minimum Gasteiger partial charge on any atom is -0.396 e. The molecule has 0 aliphatic rings. The Kier molecular flexibility index (Phi) is 5.10. The van der Waals surface area contributed by atoms with E-state index in [9.17, 15) is 9.18 Å². The first-order valence-electron chi connectivity index (χ1n) is 5.74. The second kappa shape index (κ2) is 6.35. The molecule has 1 rings (SSSR count). The first kappa shape index (κ1) is 13.6. The lowest BCUT2D eigenvalue weighted by atomic mass is 10.1. The Hall–Kier alpha value is -1.42. The summed E-state index contributed by atoms with van der Waals surface area (Å²) in [4.78, 5) is 13.7. The summed E-state index contributed by atoms with van der Waals surface area (Å²) in [5, 5.41) is 8.79. The lowest BCUT2D eigenvalue weighted by Gasteiger charge is -2.26. The van der Waals surface area contributed by atoms with Gasteiger partial charge < -0.3 is 10.0 Å². The molecule has 0 fully saturated rings. The maximum Gasteiger partial charge on any atom is 0.257 e. The Labute approximate surface area is 101 Å². The predicted octanol–water partition coefficient (Wildman–Crippen LogP) is 2.06. The van der Waals surface area contributed by atoms with E-state index in [-0.39, 0.29) is 24.1 Å².